The van der Waals surface area contributed by atoms with Gasteiger partial charge in [-0.2, -0.15) is 0 Å². The average molecular weight is 255 g/mol. The summed E-state index contributed by atoms with van der Waals surface area (Å²) in [6, 6.07) is 5.87. The van der Waals surface area contributed by atoms with E-state index in [1.165, 1.54) is 0 Å². The largest absolute Gasteiger partial charge is 0.384 e. The van der Waals surface area contributed by atoms with E-state index >= 15 is 0 Å². The summed E-state index contributed by atoms with van der Waals surface area (Å²) in [7, 11) is 0. The van der Waals surface area contributed by atoms with Crippen LogP contribution in [0.5, 0.6) is 0 Å². The maximum atomic E-state index is 11.4. The Balaban J connectivity index is 2.40. The van der Waals surface area contributed by atoms with Crippen molar-refractivity contribution in [1.82, 2.24) is 5.32 Å². The second-order valence-corrected chi connectivity index (χ2v) is 4.79. The monoisotopic (exact) mass is 254 g/mol. The van der Waals surface area contributed by atoms with Crippen molar-refractivity contribution in [3.8, 4) is 0 Å². The summed E-state index contributed by atoms with van der Waals surface area (Å²) in [6.07, 6.45) is 0.462. The predicted octanol–water partition coefficient (Wildman–Crippen LogP) is 2.98. The third kappa shape index (κ3) is 5.09. The molecule has 94 valence electrons. The van der Waals surface area contributed by atoms with E-state index in [-0.39, 0.29) is 11.9 Å². The Labute approximate surface area is 108 Å². The minimum atomic E-state index is 0.0622. The van der Waals surface area contributed by atoms with Crippen LogP contribution >= 0.6 is 11.6 Å². The van der Waals surface area contributed by atoms with Crippen LogP contribution in [0.1, 0.15) is 25.8 Å². The summed E-state index contributed by atoms with van der Waals surface area (Å²) < 4.78 is 0. The number of anilines is 1. The molecule has 4 heteroatoms. The summed E-state index contributed by atoms with van der Waals surface area (Å²) in [6.45, 7) is 6.52. The highest BCUT2D eigenvalue weighted by Gasteiger charge is 2.03. The van der Waals surface area contributed by atoms with Gasteiger partial charge in [-0.25, -0.2) is 0 Å². The molecule has 1 amide bonds. The van der Waals surface area contributed by atoms with Crippen molar-refractivity contribution in [3.05, 3.63) is 28.8 Å². The number of carbonyl (C=O) groups is 1. The number of halogens is 1. The number of hydrogen-bond acceptors (Lipinski definition) is 2. The number of nitrogens with one attached hydrogen (secondary N) is 2. The lowest BCUT2D eigenvalue weighted by molar-refractivity contribution is -0.121. The third-order valence-electron chi connectivity index (χ3n) is 2.32. The standard InChI is InChI=1S/C13H19ClN2O/c1-9(2)16-13(17)6-7-15-12-8-11(14)5-4-10(12)3/h4-5,8-9,15H,6-7H2,1-3H3,(H,16,17). The van der Waals surface area contributed by atoms with Crippen LogP contribution in [0.3, 0.4) is 0 Å². The lowest BCUT2D eigenvalue weighted by atomic mass is 10.2. The van der Waals surface area contributed by atoms with Crippen LogP contribution in [0.15, 0.2) is 18.2 Å². The maximum Gasteiger partial charge on any atom is 0.221 e. The van der Waals surface area contributed by atoms with Crippen molar-refractivity contribution in [2.75, 3.05) is 11.9 Å². The van der Waals surface area contributed by atoms with Gasteiger partial charge in [0.25, 0.3) is 0 Å². The fourth-order valence-electron chi connectivity index (χ4n) is 1.49. The molecule has 0 unspecified atom stereocenters. The van der Waals surface area contributed by atoms with Crippen molar-refractivity contribution in [3.63, 3.8) is 0 Å². The van der Waals surface area contributed by atoms with Gasteiger partial charge in [-0.15, -0.1) is 0 Å². The van der Waals surface area contributed by atoms with E-state index in [4.69, 9.17) is 11.6 Å². The van der Waals surface area contributed by atoms with E-state index in [2.05, 4.69) is 10.6 Å². The summed E-state index contributed by atoms with van der Waals surface area (Å²) in [5, 5.41) is 6.76. The highest BCUT2D eigenvalue weighted by atomic mass is 35.5. The van der Waals surface area contributed by atoms with Gasteiger partial charge < -0.3 is 10.6 Å². The molecule has 0 saturated carbocycles. The van der Waals surface area contributed by atoms with Gasteiger partial charge >= 0.3 is 0 Å². The van der Waals surface area contributed by atoms with Crippen molar-refractivity contribution in [1.29, 1.82) is 0 Å². The van der Waals surface area contributed by atoms with Crippen LogP contribution in [0, 0.1) is 6.92 Å². The Kier molecular flexibility index (Phi) is 5.29. The predicted molar refractivity (Wildman–Crippen MR) is 72.6 cm³/mol. The number of amides is 1. The average Bonchev–Trinajstić information content (AvgIpc) is 2.22. The van der Waals surface area contributed by atoms with E-state index in [0.29, 0.717) is 18.0 Å². The molecule has 17 heavy (non-hydrogen) atoms. The Morgan fingerprint density at radius 3 is 2.76 bits per heavy atom. The molecule has 0 bridgehead atoms. The lowest BCUT2D eigenvalue weighted by Gasteiger charge is -2.11. The van der Waals surface area contributed by atoms with E-state index in [9.17, 15) is 4.79 Å². The first-order valence-electron chi connectivity index (χ1n) is 5.78. The molecule has 0 aromatic heterocycles. The highest BCUT2D eigenvalue weighted by molar-refractivity contribution is 6.30. The van der Waals surface area contributed by atoms with Gasteiger partial charge in [-0.05, 0) is 38.5 Å². The zero-order chi connectivity index (χ0) is 12.8. The second kappa shape index (κ2) is 6.50. The van der Waals surface area contributed by atoms with Crippen LogP contribution in [-0.2, 0) is 4.79 Å². The first-order valence-corrected chi connectivity index (χ1v) is 6.16. The van der Waals surface area contributed by atoms with Gasteiger partial charge in [0.1, 0.15) is 0 Å². The zero-order valence-electron chi connectivity index (χ0n) is 10.5. The smallest absolute Gasteiger partial charge is 0.221 e. The maximum absolute atomic E-state index is 11.4. The van der Waals surface area contributed by atoms with Gasteiger partial charge in [0.05, 0.1) is 0 Å². The van der Waals surface area contributed by atoms with Crippen LogP contribution in [0.25, 0.3) is 0 Å². The molecule has 1 aromatic rings. The number of aryl methyl sites for hydroxylation is 1. The lowest BCUT2D eigenvalue weighted by Crippen LogP contribution is -2.31. The third-order valence-corrected chi connectivity index (χ3v) is 2.55. The highest BCUT2D eigenvalue weighted by Crippen LogP contribution is 2.19. The molecule has 0 fully saturated rings. The molecule has 0 radical (unpaired) electrons. The van der Waals surface area contributed by atoms with Crippen molar-refractivity contribution >= 4 is 23.2 Å². The SMILES string of the molecule is Cc1ccc(Cl)cc1NCCC(=O)NC(C)C. The van der Waals surface area contributed by atoms with E-state index in [0.717, 1.165) is 11.3 Å². The summed E-state index contributed by atoms with van der Waals surface area (Å²) >= 11 is 5.91. The quantitative estimate of drug-likeness (QED) is 0.848. The summed E-state index contributed by atoms with van der Waals surface area (Å²) in [5.41, 5.74) is 2.11. The van der Waals surface area contributed by atoms with Crippen molar-refractivity contribution in [2.45, 2.75) is 33.2 Å². The molecule has 1 aromatic carbocycles. The number of hydrogen-bond donors (Lipinski definition) is 2. The van der Waals surface area contributed by atoms with Crippen molar-refractivity contribution in [2.24, 2.45) is 0 Å². The fraction of sp³-hybridized carbons (Fsp3) is 0.462. The van der Waals surface area contributed by atoms with Gasteiger partial charge in [0, 0.05) is 29.7 Å². The Morgan fingerprint density at radius 1 is 1.41 bits per heavy atom. The molecule has 0 spiro atoms. The van der Waals surface area contributed by atoms with Gasteiger partial charge in [-0.3, -0.25) is 4.79 Å². The summed E-state index contributed by atoms with van der Waals surface area (Å²) in [4.78, 5) is 11.4. The van der Waals surface area contributed by atoms with Crippen LogP contribution in [0.4, 0.5) is 5.69 Å². The number of rotatable bonds is 5. The van der Waals surface area contributed by atoms with E-state index in [1.54, 1.807) is 0 Å². The zero-order valence-corrected chi connectivity index (χ0v) is 11.3. The van der Waals surface area contributed by atoms with Gasteiger partial charge in [0.15, 0.2) is 0 Å². The normalized spacial score (nSPS) is 10.4. The first kappa shape index (κ1) is 13.8. The summed E-state index contributed by atoms with van der Waals surface area (Å²) in [5.74, 6) is 0.0622. The molecular formula is C13H19ClN2O. The van der Waals surface area contributed by atoms with Crippen molar-refractivity contribution < 1.29 is 4.79 Å². The topological polar surface area (TPSA) is 41.1 Å². The first-order chi connectivity index (χ1) is 7.99. The molecule has 0 aliphatic heterocycles. The van der Waals surface area contributed by atoms with Crippen LogP contribution in [0.2, 0.25) is 5.02 Å². The number of benzene rings is 1. The minimum absolute atomic E-state index is 0.0622. The molecule has 0 heterocycles. The second-order valence-electron chi connectivity index (χ2n) is 4.36. The Morgan fingerprint density at radius 2 is 2.12 bits per heavy atom. The molecule has 0 saturated heterocycles. The molecule has 1 rings (SSSR count). The Hall–Kier alpha value is -1.22. The van der Waals surface area contributed by atoms with Crippen LogP contribution < -0.4 is 10.6 Å². The van der Waals surface area contributed by atoms with Gasteiger partial charge in [-0.1, -0.05) is 17.7 Å². The fourth-order valence-corrected chi connectivity index (χ4v) is 1.66. The molecule has 2 N–H and O–H groups in total. The Bertz CT molecular complexity index is 391. The van der Waals surface area contributed by atoms with Crippen LogP contribution in [-0.4, -0.2) is 18.5 Å². The van der Waals surface area contributed by atoms with Gasteiger partial charge in [0.2, 0.25) is 5.91 Å². The molecule has 0 aliphatic carbocycles. The minimum Gasteiger partial charge on any atom is -0.384 e. The molecule has 3 nitrogen and oxygen atoms in total. The van der Waals surface area contributed by atoms with E-state index < -0.39 is 0 Å². The molecular weight excluding hydrogens is 236 g/mol. The molecule has 0 aliphatic rings. The van der Waals surface area contributed by atoms with E-state index in [1.807, 2.05) is 39.0 Å². The number of carbonyl (C=O) groups excluding carboxylic acids is 1. The molecule has 0 atom stereocenters.